The van der Waals surface area contributed by atoms with E-state index >= 15 is 0 Å². The number of hydrogen-bond acceptors (Lipinski definition) is 3. The number of pyridine rings is 1. The van der Waals surface area contributed by atoms with E-state index < -0.39 is 6.36 Å². The third-order valence-electron chi connectivity index (χ3n) is 2.40. The lowest BCUT2D eigenvalue weighted by Gasteiger charge is -2.09. The average molecular weight is 269 g/mol. The van der Waals surface area contributed by atoms with Crippen LogP contribution in [0.15, 0.2) is 42.6 Å². The highest BCUT2D eigenvalue weighted by Gasteiger charge is 2.30. The lowest BCUT2D eigenvalue weighted by atomic mass is 10.1. The van der Waals surface area contributed by atoms with Gasteiger partial charge in [0.25, 0.3) is 0 Å². The summed E-state index contributed by atoms with van der Waals surface area (Å²) in [6.07, 6.45) is -3.16. The molecule has 100 valence electrons. The number of ether oxygens (including phenoxy) is 1. The van der Waals surface area contributed by atoms with Crippen molar-refractivity contribution in [2.24, 2.45) is 0 Å². The van der Waals surface area contributed by atoms with Crippen molar-refractivity contribution in [3.63, 3.8) is 0 Å². The van der Waals surface area contributed by atoms with Gasteiger partial charge in [0, 0.05) is 6.20 Å². The van der Waals surface area contributed by atoms with E-state index in [9.17, 15) is 13.2 Å². The van der Waals surface area contributed by atoms with E-state index in [-0.39, 0.29) is 12.4 Å². The summed E-state index contributed by atoms with van der Waals surface area (Å²) in [5.74, 6) is -0.271. The van der Waals surface area contributed by atoms with Crippen LogP contribution >= 0.6 is 0 Å². The molecule has 0 unspecified atom stereocenters. The highest BCUT2D eigenvalue weighted by Crippen LogP contribution is 2.26. The van der Waals surface area contributed by atoms with E-state index in [0.29, 0.717) is 11.3 Å². The molecule has 3 nitrogen and oxygen atoms in total. The summed E-state index contributed by atoms with van der Waals surface area (Å²) >= 11 is 0. The Morgan fingerprint density at radius 3 is 2.32 bits per heavy atom. The molecule has 1 aromatic carbocycles. The number of aliphatic hydroxyl groups excluding tert-OH is 1. The fourth-order valence-electron chi connectivity index (χ4n) is 1.59. The van der Waals surface area contributed by atoms with Crippen LogP contribution in [0.4, 0.5) is 13.2 Å². The Labute approximate surface area is 107 Å². The Morgan fingerprint density at radius 1 is 1.05 bits per heavy atom. The molecule has 0 saturated carbocycles. The molecule has 0 saturated heterocycles. The summed E-state index contributed by atoms with van der Waals surface area (Å²) in [6.45, 7) is -0.191. The summed E-state index contributed by atoms with van der Waals surface area (Å²) in [5.41, 5.74) is 1.97. The van der Waals surface area contributed by atoms with E-state index in [0.717, 1.165) is 5.56 Å². The SMILES string of the molecule is OCc1cc(-c2ccc(OC(F)(F)F)cc2)ccn1. The molecule has 0 spiro atoms. The molecule has 0 bridgehead atoms. The van der Waals surface area contributed by atoms with Gasteiger partial charge in [-0.05, 0) is 35.4 Å². The van der Waals surface area contributed by atoms with Crippen molar-refractivity contribution >= 4 is 0 Å². The molecule has 1 aromatic heterocycles. The smallest absolute Gasteiger partial charge is 0.406 e. The first kappa shape index (κ1) is 13.4. The van der Waals surface area contributed by atoms with Gasteiger partial charge in [0.1, 0.15) is 5.75 Å². The van der Waals surface area contributed by atoms with E-state index in [1.807, 2.05) is 0 Å². The average Bonchev–Trinajstić information content (AvgIpc) is 2.38. The fraction of sp³-hybridized carbons (Fsp3) is 0.154. The van der Waals surface area contributed by atoms with E-state index in [1.54, 1.807) is 12.1 Å². The monoisotopic (exact) mass is 269 g/mol. The summed E-state index contributed by atoms with van der Waals surface area (Å²) in [7, 11) is 0. The zero-order valence-corrected chi connectivity index (χ0v) is 9.69. The maximum atomic E-state index is 12.0. The van der Waals surface area contributed by atoms with Gasteiger partial charge < -0.3 is 9.84 Å². The minimum atomic E-state index is -4.69. The Balaban J connectivity index is 2.22. The molecule has 0 aliphatic carbocycles. The molecule has 0 aliphatic rings. The van der Waals surface area contributed by atoms with Crippen LogP contribution in [0.25, 0.3) is 11.1 Å². The van der Waals surface area contributed by atoms with Gasteiger partial charge in [-0.3, -0.25) is 4.98 Å². The van der Waals surface area contributed by atoms with Crippen LogP contribution in [-0.4, -0.2) is 16.5 Å². The maximum Gasteiger partial charge on any atom is 0.573 e. The number of rotatable bonds is 3. The molecule has 2 rings (SSSR count). The maximum absolute atomic E-state index is 12.0. The van der Waals surface area contributed by atoms with Crippen molar-refractivity contribution in [3.8, 4) is 16.9 Å². The summed E-state index contributed by atoms with van der Waals surface area (Å²) in [6, 6.07) is 8.87. The molecule has 0 aliphatic heterocycles. The molecule has 0 radical (unpaired) electrons. The third-order valence-corrected chi connectivity index (χ3v) is 2.40. The predicted octanol–water partition coefficient (Wildman–Crippen LogP) is 3.14. The fourth-order valence-corrected chi connectivity index (χ4v) is 1.59. The highest BCUT2D eigenvalue weighted by atomic mass is 19.4. The summed E-state index contributed by atoms with van der Waals surface area (Å²) < 4.78 is 39.8. The van der Waals surface area contributed by atoms with Gasteiger partial charge in [0.05, 0.1) is 12.3 Å². The second-order valence-electron chi connectivity index (χ2n) is 3.77. The van der Waals surface area contributed by atoms with Crippen LogP contribution in [0, 0.1) is 0 Å². The van der Waals surface area contributed by atoms with Gasteiger partial charge in [-0.15, -0.1) is 13.2 Å². The first-order valence-electron chi connectivity index (χ1n) is 5.40. The van der Waals surface area contributed by atoms with Crippen molar-refractivity contribution in [2.75, 3.05) is 0 Å². The van der Waals surface area contributed by atoms with Crippen molar-refractivity contribution in [1.82, 2.24) is 4.98 Å². The lowest BCUT2D eigenvalue weighted by Crippen LogP contribution is -2.16. The van der Waals surface area contributed by atoms with Crippen LogP contribution in [0.2, 0.25) is 0 Å². The van der Waals surface area contributed by atoms with Crippen molar-refractivity contribution in [3.05, 3.63) is 48.3 Å². The van der Waals surface area contributed by atoms with E-state index in [2.05, 4.69) is 9.72 Å². The molecule has 6 heteroatoms. The highest BCUT2D eigenvalue weighted by molar-refractivity contribution is 5.64. The molecular weight excluding hydrogens is 259 g/mol. The lowest BCUT2D eigenvalue weighted by molar-refractivity contribution is -0.274. The Kier molecular flexibility index (Phi) is 3.71. The van der Waals surface area contributed by atoms with Crippen LogP contribution in [-0.2, 0) is 6.61 Å². The first-order chi connectivity index (χ1) is 8.98. The van der Waals surface area contributed by atoms with Crippen LogP contribution in [0.5, 0.6) is 5.75 Å². The van der Waals surface area contributed by atoms with Crippen LogP contribution in [0.3, 0.4) is 0 Å². The molecule has 2 aromatic rings. The summed E-state index contributed by atoms with van der Waals surface area (Å²) in [4.78, 5) is 3.93. The van der Waals surface area contributed by atoms with Crippen molar-refractivity contribution in [2.45, 2.75) is 13.0 Å². The molecule has 0 atom stereocenters. The van der Waals surface area contributed by atoms with E-state index in [1.165, 1.54) is 30.5 Å². The van der Waals surface area contributed by atoms with Crippen molar-refractivity contribution < 1.29 is 23.0 Å². The summed E-state index contributed by atoms with van der Waals surface area (Å²) in [5, 5.41) is 8.97. The normalized spacial score (nSPS) is 11.4. The first-order valence-corrected chi connectivity index (χ1v) is 5.40. The number of alkyl halides is 3. The Morgan fingerprint density at radius 2 is 1.74 bits per heavy atom. The minimum Gasteiger partial charge on any atom is -0.406 e. The van der Waals surface area contributed by atoms with Gasteiger partial charge in [-0.25, -0.2) is 0 Å². The molecular formula is C13H10F3NO2. The van der Waals surface area contributed by atoms with Crippen molar-refractivity contribution in [1.29, 1.82) is 0 Å². The van der Waals surface area contributed by atoms with E-state index in [4.69, 9.17) is 5.11 Å². The molecule has 1 N–H and O–H groups in total. The molecule has 0 fully saturated rings. The number of nitrogens with zero attached hydrogens (tertiary/aromatic N) is 1. The second-order valence-corrected chi connectivity index (χ2v) is 3.77. The number of hydrogen-bond donors (Lipinski definition) is 1. The van der Waals surface area contributed by atoms with Gasteiger partial charge >= 0.3 is 6.36 Å². The van der Waals surface area contributed by atoms with Crippen LogP contribution < -0.4 is 4.74 Å². The zero-order chi connectivity index (χ0) is 13.9. The predicted molar refractivity (Wildman–Crippen MR) is 62.3 cm³/mol. The van der Waals surface area contributed by atoms with Gasteiger partial charge in [-0.2, -0.15) is 0 Å². The second kappa shape index (κ2) is 5.27. The number of aromatic nitrogens is 1. The third kappa shape index (κ3) is 3.69. The molecule has 0 amide bonds. The quantitative estimate of drug-likeness (QED) is 0.930. The standard InChI is InChI=1S/C13H10F3NO2/c14-13(15,16)19-12-3-1-9(2-4-12)10-5-6-17-11(7-10)8-18/h1-7,18H,8H2. The Bertz CT molecular complexity index is 553. The topological polar surface area (TPSA) is 42.4 Å². The molecule has 19 heavy (non-hydrogen) atoms. The number of halogens is 3. The number of benzene rings is 1. The molecule has 1 heterocycles. The van der Waals surface area contributed by atoms with Crippen LogP contribution in [0.1, 0.15) is 5.69 Å². The van der Waals surface area contributed by atoms with Gasteiger partial charge in [-0.1, -0.05) is 12.1 Å². The van der Waals surface area contributed by atoms with Gasteiger partial charge in [0.15, 0.2) is 0 Å². The minimum absolute atomic E-state index is 0.191. The number of aliphatic hydroxyl groups is 1. The van der Waals surface area contributed by atoms with Gasteiger partial charge in [0.2, 0.25) is 0 Å². The largest absolute Gasteiger partial charge is 0.573 e. The Hall–Kier alpha value is -2.08. The zero-order valence-electron chi connectivity index (χ0n) is 9.69.